The standard InChI is InChI=1S/C23H19ClN2O3/c1-15-2-9-19(10-3-15)28-14-22(27)25-18-7-4-16(5-8-18)12-23-26-20-13-17(24)6-11-21(20)29-23/h2-11,13H,12,14H2,1H3,(H,25,27). The van der Waals surface area contributed by atoms with Gasteiger partial charge < -0.3 is 14.5 Å². The fourth-order valence-corrected chi connectivity index (χ4v) is 3.05. The molecule has 1 heterocycles. The van der Waals surface area contributed by atoms with E-state index < -0.39 is 0 Å². The number of amides is 1. The number of rotatable bonds is 6. The quantitative estimate of drug-likeness (QED) is 0.465. The van der Waals surface area contributed by atoms with E-state index in [9.17, 15) is 4.79 Å². The summed E-state index contributed by atoms with van der Waals surface area (Å²) in [7, 11) is 0. The van der Waals surface area contributed by atoms with E-state index in [2.05, 4.69) is 10.3 Å². The molecule has 1 amide bonds. The summed E-state index contributed by atoms with van der Waals surface area (Å²) >= 11 is 5.99. The van der Waals surface area contributed by atoms with Crippen molar-refractivity contribution >= 4 is 34.3 Å². The highest BCUT2D eigenvalue weighted by atomic mass is 35.5. The molecule has 0 bridgehead atoms. The van der Waals surface area contributed by atoms with E-state index in [-0.39, 0.29) is 12.5 Å². The normalized spacial score (nSPS) is 10.8. The first-order valence-corrected chi connectivity index (χ1v) is 9.56. The number of aromatic nitrogens is 1. The topological polar surface area (TPSA) is 64.4 Å². The van der Waals surface area contributed by atoms with Crippen molar-refractivity contribution in [2.75, 3.05) is 11.9 Å². The minimum atomic E-state index is -0.214. The maximum atomic E-state index is 12.1. The Morgan fingerprint density at radius 1 is 1.07 bits per heavy atom. The molecule has 5 nitrogen and oxygen atoms in total. The lowest BCUT2D eigenvalue weighted by Crippen LogP contribution is -2.20. The fourth-order valence-electron chi connectivity index (χ4n) is 2.88. The molecule has 0 aliphatic heterocycles. The summed E-state index contributed by atoms with van der Waals surface area (Å²) in [6.07, 6.45) is 0.553. The molecule has 4 aromatic rings. The number of anilines is 1. The van der Waals surface area contributed by atoms with Crippen LogP contribution in [0.25, 0.3) is 11.1 Å². The zero-order chi connectivity index (χ0) is 20.2. The molecule has 0 atom stereocenters. The van der Waals surface area contributed by atoms with Gasteiger partial charge in [-0.05, 0) is 55.0 Å². The lowest BCUT2D eigenvalue weighted by atomic mass is 10.1. The predicted octanol–water partition coefficient (Wildman–Crippen LogP) is 5.40. The molecule has 0 unspecified atom stereocenters. The first-order chi connectivity index (χ1) is 14.0. The van der Waals surface area contributed by atoms with Crippen LogP contribution in [0.3, 0.4) is 0 Å². The number of hydrogen-bond acceptors (Lipinski definition) is 4. The minimum absolute atomic E-state index is 0.0454. The number of fused-ring (bicyclic) bond motifs is 1. The first-order valence-electron chi connectivity index (χ1n) is 9.18. The van der Waals surface area contributed by atoms with Crippen molar-refractivity contribution in [2.24, 2.45) is 0 Å². The predicted molar refractivity (Wildman–Crippen MR) is 114 cm³/mol. The highest BCUT2D eigenvalue weighted by Gasteiger charge is 2.08. The Morgan fingerprint density at radius 3 is 2.59 bits per heavy atom. The van der Waals surface area contributed by atoms with Gasteiger partial charge in [0.1, 0.15) is 11.3 Å². The van der Waals surface area contributed by atoms with Gasteiger partial charge in [-0.15, -0.1) is 0 Å². The fraction of sp³-hybridized carbons (Fsp3) is 0.130. The molecule has 0 spiro atoms. The number of carbonyl (C=O) groups is 1. The molecule has 0 radical (unpaired) electrons. The van der Waals surface area contributed by atoms with Gasteiger partial charge in [-0.2, -0.15) is 0 Å². The Labute approximate surface area is 173 Å². The van der Waals surface area contributed by atoms with E-state index >= 15 is 0 Å². The molecular weight excluding hydrogens is 388 g/mol. The third-order valence-electron chi connectivity index (χ3n) is 4.38. The van der Waals surface area contributed by atoms with Crippen molar-refractivity contribution in [3.63, 3.8) is 0 Å². The second kappa shape index (κ2) is 8.37. The molecule has 6 heteroatoms. The summed E-state index contributed by atoms with van der Waals surface area (Å²) in [5.74, 6) is 1.07. The van der Waals surface area contributed by atoms with E-state index in [1.165, 1.54) is 0 Å². The summed E-state index contributed by atoms with van der Waals surface area (Å²) in [5, 5.41) is 3.45. The Morgan fingerprint density at radius 2 is 1.83 bits per heavy atom. The summed E-state index contributed by atoms with van der Waals surface area (Å²) in [6, 6.07) is 20.5. The van der Waals surface area contributed by atoms with Crippen LogP contribution in [0, 0.1) is 6.92 Å². The van der Waals surface area contributed by atoms with Gasteiger partial charge in [0, 0.05) is 17.1 Å². The molecule has 0 saturated carbocycles. The largest absolute Gasteiger partial charge is 0.484 e. The third kappa shape index (κ3) is 4.95. The molecule has 4 rings (SSSR count). The smallest absolute Gasteiger partial charge is 0.262 e. The van der Waals surface area contributed by atoms with Crippen molar-refractivity contribution in [3.05, 3.63) is 88.8 Å². The molecule has 0 fully saturated rings. The van der Waals surface area contributed by atoms with Gasteiger partial charge in [-0.3, -0.25) is 4.79 Å². The number of nitrogens with one attached hydrogen (secondary N) is 1. The molecule has 146 valence electrons. The second-order valence-corrected chi connectivity index (χ2v) is 7.18. The van der Waals surface area contributed by atoms with Gasteiger partial charge in [0.2, 0.25) is 0 Å². The molecule has 0 aliphatic carbocycles. The van der Waals surface area contributed by atoms with Crippen LogP contribution in [0.1, 0.15) is 17.0 Å². The van der Waals surface area contributed by atoms with E-state index in [1.807, 2.05) is 61.5 Å². The van der Waals surface area contributed by atoms with Crippen LogP contribution >= 0.6 is 11.6 Å². The number of aryl methyl sites for hydroxylation is 1. The molecular formula is C23H19ClN2O3. The average Bonchev–Trinajstić information content (AvgIpc) is 3.10. The van der Waals surface area contributed by atoms with Crippen LogP contribution in [-0.4, -0.2) is 17.5 Å². The van der Waals surface area contributed by atoms with E-state index in [0.29, 0.717) is 34.4 Å². The van der Waals surface area contributed by atoms with Crippen LogP contribution in [0.5, 0.6) is 5.75 Å². The number of benzene rings is 3. The Bertz CT molecular complexity index is 1140. The molecule has 29 heavy (non-hydrogen) atoms. The van der Waals surface area contributed by atoms with Gasteiger partial charge in [0.15, 0.2) is 18.1 Å². The number of nitrogens with zero attached hydrogens (tertiary/aromatic N) is 1. The highest BCUT2D eigenvalue weighted by molar-refractivity contribution is 6.31. The molecule has 1 aromatic heterocycles. The first kappa shape index (κ1) is 19.0. The van der Waals surface area contributed by atoms with Crippen molar-refractivity contribution in [1.82, 2.24) is 4.98 Å². The maximum Gasteiger partial charge on any atom is 0.262 e. The van der Waals surface area contributed by atoms with Gasteiger partial charge in [0.05, 0.1) is 0 Å². The summed E-state index contributed by atoms with van der Waals surface area (Å²) in [6.45, 7) is 1.95. The Kier molecular flexibility index (Phi) is 5.49. The van der Waals surface area contributed by atoms with Gasteiger partial charge in [-0.1, -0.05) is 41.4 Å². The average molecular weight is 407 g/mol. The maximum absolute atomic E-state index is 12.1. The zero-order valence-electron chi connectivity index (χ0n) is 15.8. The van der Waals surface area contributed by atoms with Gasteiger partial charge >= 0.3 is 0 Å². The summed E-state index contributed by atoms with van der Waals surface area (Å²) < 4.78 is 11.2. The highest BCUT2D eigenvalue weighted by Crippen LogP contribution is 2.22. The molecule has 1 N–H and O–H groups in total. The molecule has 0 saturated heterocycles. The van der Waals surface area contributed by atoms with Gasteiger partial charge in [-0.25, -0.2) is 4.98 Å². The van der Waals surface area contributed by atoms with Gasteiger partial charge in [0.25, 0.3) is 5.91 Å². The number of carbonyl (C=O) groups excluding carboxylic acids is 1. The summed E-state index contributed by atoms with van der Waals surface area (Å²) in [4.78, 5) is 16.5. The van der Waals surface area contributed by atoms with Crippen molar-refractivity contribution in [1.29, 1.82) is 0 Å². The number of hydrogen-bond donors (Lipinski definition) is 1. The van der Waals surface area contributed by atoms with E-state index in [1.54, 1.807) is 12.1 Å². The third-order valence-corrected chi connectivity index (χ3v) is 4.61. The SMILES string of the molecule is Cc1ccc(OCC(=O)Nc2ccc(Cc3nc4cc(Cl)ccc4o3)cc2)cc1. The number of halogens is 1. The van der Waals surface area contributed by atoms with Crippen LogP contribution in [0.15, 0.2) is 71.1 Å². The number of oxazole rings is 1. The van der Waals surface area contributed by atoms with Crippen molar-refractivity contribution < 1.29 is 13.9 Å². The molecule has 3 aromatic carbocycles. The van der Waals surface area contributed by atoms with Crippen LogP contribution < -0.4 is 10.1 Å². The van der Waals surface area contributed by atoms with Crippen LogP contribution in [0.2, 0.25) is 5.02 Å². The minimum Gasteiger partial charge on any atom is -0.484 e. The Hall–Kier alpha value is -3.31. The van der Waals surface area contributed by atoms with Crippen LogP contribution in [0.4, 0.5) is 5.69 Å². The molecule has 0 aliphatic rings. The van der Waals surface area contributed by atoms with E-state index in [4.69, 9.17) is 20.8 Å². The van der Waals surface area contributed by atoms with E-state index in [0.717, 1.165) is 16.6 Å². The zero-order valence-corrected chi connectivity index (χ0v) is 16.6. The Balaban J connectivity index is 1.33. The monoisotopic (exact) mass is 406 g/mol. The number of ether oxygens (including phenoxy) is 1. The lowest BCUT2D eigenvalue weighted by molar-refractivity contribution is -0.118. The summed E-state index contributed by atoms with van der Waals surface area (Å²) in [5.41, 5.74) is 4.32. The van der Waals surface area contributed by atoms with Crippen LogP contribution in [-0.2, 0) is 11.2 Å². The lowest BCUT2D eigenvalue weighted by Gasteiger charge is -2.08. The van der Waals surface area contributed by atoms with Crippen molar-refractivity contribution in [3.8, 4) is 5.75 Å². The second-order valence-electron chi connectivity index (χ2n) is 6.74. The van der Waals surface area contributed by atoms with Crippen molar-refractivity contribution in [2.45, 2.75) is 13.3 Å².